The van der Waals surface area contributed by atoms with Crippen molar-refractivity contribution in [3.8, 4) is 55.6 Å². The lowest BCUT2D eigenvalue weighted by Gasteiger charge is -2.36. The fourth-order valence-electron chi connectivity index (χ4n) is 20.4. The minimum atomic E-state index is -0.243. The van der Waals surface area contributed by atoms with E-state index in [0.29, 0.717) is 104 Å². The molecule has 19 heterocycles. The molecule has 5 N–H and O–H groups in total. The van der Waals surface area contributed by atoms with E-state index >= 15 is 0 Å². The lowest BCUT2D eigenvalue weighted by atomic mass is 9.93. The van der Waals surface area contributed by atoms with Crippen LogP contribution in [0, 0.1) is 34.6 Å². The number of aryl methyl sites for hydroxylation is 5. The van der Waals surface area contributed by atoms with Gasteiger partial charge >= 0.3 is 0 Å². The van der Waals surface area contributed by atoms with E-state index in [1.54, 1.807) is 31.0 Å². The molecule has 0 spiro atoms. The maximum absolute atomic E-state index is 13.2. The Morgan fingerprint density at radius 2 is 0.622 bits per heavy atom. The summed E-state index contributed by atoms with van der Waals surface area (Å²) in [6, 6.07) is 49.9. The van der Waals surface area contributed by atoms with Gasteiger partial charge in [-0.05, 0) is 236 Å². The average Bonchev–Trinajstić information content (AvgIpc) is 1.63. The van der Waals surface area contributed by atoms with Gasteiger partial charge in [-0.3, -0.25) is 55.7 Å². The maximum Gasteiger partial charge on any atom is 0.272 e. The molecule has 2 unspecified atom stereocenters. The summed E-state index contributed by atoms with van der Waals surface area (Å²) in [5, 5.41) is 28.2. The molecule has 25 rings (SSSR count). The van der Waals surface area contributed by atoms with Crippen molar-refractivity contribution in [3.05, 3.63) is 272 Å². The number of aromatic nitrogens is 15. The number of amides is 6. The zero-order chi connectivity index (χ0) is 102. The zero-order valence-corrected chi connectivity index (χ0v) is 83.7. The third kappa shape index (κ3) is 21.0. The third-order valence-corrected chi connectivity index (χ3v) is 28.0. The quantitative estimate of drug-likeness (QED) is 0.0636. The number of rotatable bonds is 15. The first-order valence-electron chi connectivity index (χ1n) is 50.2. The Balaban J connectivity index is 0.000000108. The van der Waals surface area contributed by atoms with E-state index < -0.39 is 0 Å². The van der Waals surface area contributed by atoms with Crippen LogP contribution < -0.4 is 16.0 Å². The summed E-state index contributed by atoms with van der Waals surface area (Å²) in [7, 11) is 0. The Bertz CT molecular complexity index is 8380. The molecule has 20 aromatic rings. The number of hydrogen-bond acceptors (Lipinski definition) is 26. The number of likely N-dealkylation sites (N-methyl/N-ethyl adjacent to an activating group) is 1. The largest absolute Gasteiger partial charge is 0.441 e. The van der Waals surface area contributed by atoms with Crippen LogP contribution in [0.1, 0.15) is 148 Å². The number of pyridine rings is 5. The van der Waals surface area contributed by atoms with Crippen molar-refractivity contribution < 1.29 is 61.1 Å². The average molecular weight is 1990 g/mol. The molecule has 5 fully saturated rings. The van der Waals surface area contributed by atoms with Gasteiger partial charge in [-0.2, -0.15) is 0 Å². The number of benzene rings is 5. The molecule has 4 aliphatic heterocycles. The second-order valence-electron chi connectivity index (χ2n) is 38.5. The number of carbonyl (C=O) groups is 6. The van der Waals surface area contributed by atoms with Gasteiger partial charge in [0.2, 0.25) is 5.91 Å². The van der Waals surface area contributed by atoms with Crippen molar-refractivity contribution in [2.24, 2.45) is 0 Å². The van der Waals surface area contributed by atoms with Gasteiger partial charge in [-0.15, -0.1) is 0 Å². The Labute approximate surface area is 849 Å². The number of carbonyl (C=O) groups excluding carboxylic acids is 6. The van der Waals surface area contributed by atoms with E-state index in [4.69, 9.17) is 27.2 Å². The number of piperidine rings is 1. The summed E-state index contributed by atoms with van der Waals surface area (Å²) in [6.07, 6.45) is 22.3. The Morgan fingerprint density at radius 3 is 0.926 bits per heavy atom. The maximum atomic E-state index is 13.2. The van der Waals surface area contributed by atoms with Gasteiger partial charge in [0.05, 0.1) is 43.7 Å². The van der Waals surface area contributed by atoms with Crippen LogP contribution in [0.2, 0.25) is 0 Å². The predicted molar refractivity (Wildman–Crippen MR) is 559 cm³/mol. The smallest absolute Gasteiger partial charge is 0.272 e. The van der Waals surface area contributed by atoms with E-state index in [2.05, 4.69) is 96.4 Å². The van der Waals surface area contributed by atoms with E-state index in [9.17, 15) is 33.9 Å². The molecule has 148 heavy (non-hydrogen) atoms. The highest BCUT2D eigenvalue weighted by atomic mass is 16.4. The predicted octanol–water partition coefficient (Wildman–Crippen LogP) is 15.4. The fraction of sp³-hybridized carbons (Fsp3) is 0.315. The standard InChI is InChI=1S/C23H23N5O3.C22H23N5O3.2C22H23N5O2.C22H22N4O3/c1-14(29)25-18-7-9-27(10-8-18)23(30)20-12-24-22-6-4-17(13-28(20)22)16-3-5-21-19(11-16)26-15(2)31-21;1-15-24-18-12-16(2-4-20(18)30-15)17-3-5-21-23-13-19(27(21)14-17)22(29)26-8-6-25(7-9-26)10-11-28;1-13-10-26(11-14(2)24-13)22(28)19-9-23-21-7-5-17(12-27(19)21)16-4-6-20-18(8-16)25-15(3)29-20;1-3-25-8-10-26(11-9-25)22(28)19-13-23-21-7-5-17(14-27(19)21)16-4-6-20-18(12-16)24-15(2)29-20;1-13-24-18-10-14(2-8-20(18)29-13)15-3-9-21-23-11-19(26(21)12-15)22(28)25-16-4-6-17(27)7-5-16/h3-6,11-13,18H,7-10H2,1-2H3,(H,25,29);2-5,12-14,28H,6-11H2,1H3;4-9,12-14,24H,10-11H2,1-3H3;4-7,12-14H,3,8-11H2,1-2H3;2-3,8-12,16-17,27H,4-7H2,1H3,(H,25,28). The molecule has 2 atom stereocenters. The summed E-state index contributed by atoms with van der Waals surface area (Å²) in [5.41, 5.74) is 24.3. The number of nitrogens with zero attached hydrogens (tertiary/aromatic N) is 21. The van der Waals surface area contributed by atoms with Crippen molar-refractivity contribution in [3.63, 3.8) is 0 Å². The van der Waals surface area contributed by atoms with Crippen LogP contribution in [0.4, 0.5) is 0 Å². The van der Waals surface area contributed by atoms with Gasteiger partial charge in [0.15, 0.2) is 57.4 Å². The van der Waals surface area contributed by atoms with Crippen LogP contribution in [0.15, 0.2) is 236 Å². The van der Waals surface area contributed by atoms with Crippen molar-refractivity contribution in [2.45, 2.75) is 131 Å². The number of aliphatic hydroxyl groups excluding tert-OH is 2. The van der Waals surface area contributed by atoms with Crippen LogP contribution in [0.5, 0.6) is 0 Å². The van der Waals surface area contributed by atoms with E-state index in [-0.39, 0.29) is 72.3 Å². The summed E-state index contributed by atoms with van der Waals surface area (Å²) in [6.45, 7) is 27.6. The molecule has 37 heteroatoms. The molecule has 5 aliphatic rings. The molecule has 4 saturated heterocycles. The molecule has 756 valence electrons. The number of likely N-dealkylation sites (tertiary alicyclic amines) is 1. The SMILES string of the molecule is CC(=O)NC1CCN(C(=O)c2cnc3ccc(-c4ccc5oc(C)nc5c4)cn23)CC1.CCN1CCN(C(=O)c2cnc3ccc(-c4ccc5oc(C)nc5c4)cn23)CC1.Cc1nc2cc(-c3ccc4ncc(C(=O)N5CC(C)NC(C)C5)n4c3)ccc2o1.Cc1nc2cc(-c3ccc4ncc(C(=O)N5CCN(CCO)CC5)n4c3)ccc2o1.Cc1nc2cc(-c3ccc4ncc(C(=O)NC5CCC(O)CC5)n4c3)ccc2o1. The van der Waals surface area contributed by atoms with Crippen molar-refractivity contribution in [2.75, 3.05) is 98.2 Å². The summed E-state index contributed by atoms with van der Waals surface area (Å²) in [4.78, 5) is 133. The number of piperazine rings is 3. The molecule has 37 nitrogen and oxygen atoms in total. The molecule has 0 bridgehead atoms. The van der Waals surface area contributed by atoms with E-state index in [1.165, 1.54) is 6.92 Å². The molecular weight excluding hydrogens is 1880 g/mol. The normalized spacial score (nSPS) is 17.0. The summed E-state index contributed by atoms with van der Waals surface area (Å²) >= 11 is 0. The molecule has 0 radical (unpaired) electrons. The monoisotopic (exact) mass is 1990 g/mol. The van der Waals surface area contributed by atoms with Gasteiger partial charge < -0.3 is 72.7 Å². The number of aliphatic hydroxyl groups is 2. The zero-order valence-electron chi connectivity index (χ0n) is 83.7. The van der Waals surface area contributed by atoms with Crippen molar-refractivity contribution >= 4 is 119 Å². The van der Waals surface area contributed by atoms with Gasteiger partial charge in [0.25, 0.3) is 29.5 Å². The lowest BCUT2D eigenvalue weighted by molar-refractivity contribution is -0.119. The van der Waals surface area contributed by atoms with Crippen molar-refractivity contribution in [1.29, 1.82) is 0 Å². The highest BCUT2D eigenvalue weighted by Crippen LogP contribution is 2.35. The Morgan fingerprint density at radius 1 is 0.345 bits per heavy atom. The van der Waals surface area contributed by atoms with Gasteiger partial charge in [-0.25, -0.2) is 49.8 Å². The molecule has 1 aliphatic carbocycles. The Kier molecular flexibility index (Phi) is 27.6. The number of hydrogen-bond donors (Lipinski definition) is 5. The number of oxazole rings is 5. The number of fused-ring (bicyclic) bond motifs is 10. The molecule has 5 aromatic carbocycles. The first kappa shape index (κ1) is 97.6. The van der Waals surface area contributed by atoms with Gasteiger partial charge in [0.1, 0.15) is 84.3 Å². The Hall–Kier alpha value is -16.5. The number of nitrogens with one attached hydrogen (secondary N) is 3. The fourth-order valence-corrected chi connectivity index (χ4v) is 20.4. The minimum absolute atomic E-state index is 0.0115. The van der Waals surface area contributed by atoms with E-state index in [1.807, 2.05) is 259 Å². The van der Waals surface area contributed by atoms with Crippen molar-refractivity contribution in [1.82, 2.24) is 117 Å². The molecule has 6 amide bonds. The second-order valence-corrected chi connectivity index (χ2v) is 38.5. The third-order valence-electron chi connectivity index (χ3n) is 28.0. The molecule has 15 aromatic heterocycles. The van der Waals surface area contributed by atoms with Crippen LogP contribution >= 0.6 is 0 Å². The first-order valence-corrected chi connectivity index (χ1v) is 50.2. The minimum Gasteiger partial charge on any atom is -0.441 e. The summed E-state index contributed by atoms with van der Waals surface area (Å²) < 4.78 is 37.1. The lowest BCUT2D eigenvalue weighted by Crippen LogP contribution is -2.56. The molecule has 1 saturated carbocycles. The second kappa shape index (κ2) is 41.9. The highest BCUT2D eigenvalue weighted by molar-refractivity contribution is 5.98. The van der Waals surface area contributed by atoms with Crippen LogP contribution in [0.3, 0.4) is 0 Å². The van der Waals surface area contributed by atoms with E-state index in [0.717, 1.165) is 224 Å². The molecular formula is C111H114N24O13. The number of imidazole rings is 5. The summed E-state index contributed by atoms with van der Waals surface area (Å²) in [5.74, 6) is 3.01. The van der Waals surface area contributed by atoms with Crippen LogP contribution in [0.25, 0.3) is 139 Å². The highest BCUT2D eigenvalue weighted by Gasteiger charge is 2.33. The number of β-amino-alcohol motifs (C(OH)–C–C–N with tert-alkyl or cyclic N) is 1. The topological polar surface area (TPSA) is 415 Å². The first-order chi connectivity index (χ1) is 71.7. The van der Waals surface area contributed by atoms with Crippen LogP contribution in [-0.2, 0) is 4.79 Å². The van der Waals surface area contributed by atoms with Crippen LogP contribution in [-0.4, -0.2) is 275 Å². The van der Waals surface area contributed by atoms with Gasteiger partial charge in [0, 0.05) is 182 Å². The van der Waals surface area contributed by atoms with Gasteiger partial charge in [-0.1, -0.05) is 37.3 Å².